The van der Waals surface area contributed by atoms with Crippen LogP contribution in [0.5, 0.6) is 5.75 Å². The zero-order valence-corrected chi connectivity index (χ0v) is 15.4. The average molecular weight is 386 g/mol. The van der Waals surface area contributed by atoms with E-state index in [1.807, 2.05) is 48.0 Å². The lowest BCUT2D eigenvalue weighted by Gasteiger charge is -2.04. The average Bonchev–Trinajstić information content (AvgIpc) is 2.55. The molecule has 0 radical (unpaired) electrons. The van der Waals surface area contributed by atoms with E-state index in [2.05, 4.69) is 31.2 Å². The monoisotopic (exact) mass is 385 g/mol. The largest absolute Gasteiger partial charge is 1.00 e. The van der Waals surface area contributed by atoms with Crippen molar-refractivity contribution >= 4 is 16.7 Å². The molecule has 3 rings (SSSR count). The molecular formula is C20H20BrNO2. The van der Waals surface area contributed by atoms with Gasteiger partial charge < -0.3 is 21.7 Å². The summed E-state index contributed by atoms with van der Waals surface area (Å²) in [5.41, 5.74) is 2.98. The Morgan fingerprint density at radius 3 is 2.54 bits per heavy atom. The van der Waals surface area contributed by atoms with Crippen LogP contribution in [0.4, 0.5) is 0 Å². The van der Waals surface area contributed by atoms with Crippen molar-refractivity contribution in [2.45, 2.75) is 20.4 Å². The minimum Gasteiger partial charge on any atom is -1.00 e. The molecule has 1 heterocycles. The number of nitrogens with zero attached hydrogens (tertiary/aromatic N) is 1. The van der Waals surface area contributed by atoms with Crippen LogP contribution in [-0.4, -0.2) is 12.4 Å². The number of rotatable bonds is 5. The van der Waals surface area contributed by atoms with E-state index in [0.717, 1.165) is 16.7 Å². The van der Waals surface area contributed by atoms with Crippen LogP contribution in [0.1, 0.15) is 22.8 Å². The zero-order chi connectivity index (χ0) is 16.2. The topological polar surface area (TPSA) is 30.2 Å². The van der Waals surface area contributed by atoms with E-state index in [-0.39, 0.29) is 22.8 Å². The maximum atomic E-state index is 12.5. The van der Waals surface area contributed by atoms with E-state index in [4.69, 9.17) is 4.74 Å². The highest BCUT2D eigenvalue weighted by atomic mass is 79.9. The number of aromatic nitrogens is 1. The van der Waals surface area contributed by atoms with Crippen LogP contribution in [0.3, 0.4) is 0 Å². The van der Waals surface area contributed by atoms with Crippen molar-refractivity contribution in [3.05, 3.63) is 71.9 Å². The molecule has 124 valence electrons. The van der Waals surface area contributed by atoms with Crippen molar-refractivity contribution in [1.82, 2.24) is 0 Å². The molecule has 0 aliphatic carbocycles. The number of benzene rings is 2. The molecule has 2 aromatic carbocycles. The van der Waals surface area contributed by atoms with Crippen molar-refractivity contribution in [1.29, 1.82) is 0 Å². The van der Waals surface area contributed by atoms with Gasteiger partial charge in [-0.1, -0.05) is 11.6 Å². The number of hydrogen-bond acceptors (Lipinski definition) is 2. The Bertz CT molecular complexity index is 844. The maximum absolute atomic E-state index is 12.5. The molecular weight excluding hydrogens is 366 g/mol. The van der Waals surface area contributed by atoms with E-state index < -0.39 is 0 Å². The van der Waals surface area contributed by atoms with Gasteiger partial charge in [-0.15, -0.1) is 0 Å². The van der Waals surface area contributed by atoms with Crippen LogP contribution in [0.2, 0.25) is 0 Å². The summed E-state index contributed by atoms with van der Waals surface area (Å²) >= 11 is 0. The molecule has 4 heteroatoms. The van der Waals surface area contributed by atoms with Crippen molar-refractivity contribution in [2.24, 2.45) is 0 Å². The number of hydrogen-bond donors (Lipinski definition) is 0. The third-order valence-electron chi connectivity index (χ3n) is 3.84. The predicted octanol–water partition coefficient (Wildman–Crippen LogP) is 0.721. The van der Waals surface area contributed by atoms with Gasteiger partial charge in [0.2, 0.25) is 17.8 Å². The molecule has 0 amide bonds. The first-order valence-electron chi connectivity index (χ1n) is 7.82. The minimum absolute atomic E-state index is 0. The zero-order valence-electron chi connectivity index (χ0n) is 13.8. The van der Waals surface area contributed by atoms with Crippen molar-refractivity contribution in [3.8, 4) is 5.75 Å². The third-order valence-corrected chi connectivity index (χ3v) is 3.84. The molecule has 0 atom stereocenters. The van der Waals surface area contributed by atoms with Crippen LogP contribution >= 0.6 is 0 Å². The van der Waals surface area contributed by atoms with Gasteiger partial charge in [-0.25, -0.2) is 0 Å². The lowest BCUT2D eigenvalue weighted by Crippen LogP contribution is -3.00. The predicted molar refractivity (Wildman–Crippen MR) is 90.8 cm³/mol. The Kier molecular flexibility index (Phi) is 6.10. The quantitative estimate of drug-likeness (QED) is 0.478. The second kappa shape index (κ2) is 8.06. The van der Waals surface area contributed by atoms with E-state index in [0.29, 0.717) is 18.7 Å². The standard InChI is InChI=1S/C20H20NO2.BrH/c1-3-23-18-9-7-16(8-10-18)20(22)14-21-12-4-5-17-13-15(2)6-11-19(17)21;/h4-13H,3,14H2,1-2H3;1H/q+1;/p-1. The van der Waals surface area contributed by atoms with Gasteiger partial charge in [0.25, 0.3) is 0 Å². The van der Waals surface area contributed by atoms with Gasteiger partial charge in [-0.3, -0.25) is 4.79 Å². The molecule has 0 saturated heterocycles. The summed E-state index contributed by atoms with van der Waals surface area (Å²) in [6.45, 7) is 4.97. The van der Waals surface area contributed by atoms with Crippen LogP contribution in [0.15, 0.2) is 60.8 Å². The van der Waals surface area contributed by atoms with Crippen molar-refractivity contribution in [2.75, 3.05) is 6.61 Å². The van der Waals surface area contributed by atoms with Gasteiger partial charge in [-0.05, 0) is 50.2 Å². The number of pyridine rings is 1. The third kappa shape index (κ3) is 4.01. The number of fused-ring (bicyclic) bond motifs is 1. The molecule has 0 spiro atoms. The Morgan fingerprint density at radius 1 is 1.08 bits per heavy atom. The summed E-state index contributed by atoms with van der Waals surface area (Å²) in [5, 5.41) is 1.15. The molecule has 0 N–H and O–H groups in total. The second-order valence-corrected chi connectivity index (χ2v) is 5.58. The summed E-state index contributed by atoms with van der Waals surface area (Å²) in [5.74, 6) is 0.878. The van der Waals surface area contributed by atoms with Crippen LogP contribution < -0.4 is 26.3 Å². The fourth-order valence-electron chi connectivity index (χ4n) is 2.69. The lowest BCUT2D eigenvalue weighted by atomic mass is 10.1. The molecule has 3 nitrogen and oxygen atoms in total. The number of carbonyl (C=O) groups is 1. The van der Waals surface area contributed by atoms with E-state index in [1.54, 1.807) is 0 Å². The van der Waals surface area contributed by atoms with Crippen molar-refractivity contribution in [3.63, 3.8) is 0 Å². The SMILES string of the molecule is CCOc1ccc(C(=O)C[n+]2cccc3cc(C)ccc32)cc1.[Br-]. The van der Waals surface area contributed by atoms with Crippen LogP contribution in [0, 0.1) is 6.92 Å². The van der Waals surface area contributed by atoms with Gasteiger partial charge in [-0.2, -0.15) is 4.57 Å². The number of Topliss-reactive ketones (excluding diaryl/α,β-unsaturated/α-hetero) is 1. The van der Waals surface area contributed by atoms with Crippen LogP contribution in [-0.2, 0) is 6.54 Å². The molecule has 0 bridgehead atoms. The summed E-state index contributed by atoms with van der Waals surface area (Å²) in [6.07, 6.45) is 1.95. The summed E-state index contributed by atoms with van der Waals surface area (Å²) in [6, 6.07) is 17.6. The summed E-state index contributed by atoms with van der Waals surface area (Å²) < 4.78 is 7.40. The Labute approximate surface area is 152 Å². The van der Waals surface area contributed by atoms with Gasteiger partial charge in [0, 0.05) is 23.1 Å². The first-order chi connectivity index (χ1) is 11.2. The smallest absolute Gasteiger partial charge is 0.227 e. The minimum atomic E-state index is 0. The number of halogens is 1. The summed E-state index contributed by atoms with van der Waals surface area (Å²) in [7, 11) is 0. The first-order valence-corrected chi connectivity index (χ1v) is 7.82. The van der Waals surface area contributed by atoms with Gasteiger partial charge in [0.15, 0.2) is 6.20 Å². The second-order valence-electron chi connectivity index (χ2n) is 5.58. The van der Waals surface area contributed by atoms with Gasteiger partial charge in [0.05, 0.1) is 6.61 Å². The number of carbonyl (C=O) groups excluding carboxylic acids is 1. The molecule has 0 aliphatic rings. The van der Waals surface area contributed by atoms with E-state index >= 15 is 0 Å². The number of aryl methyl sites for hydroxylation is 1. The molecule has 1 aromatic heterocycles. The number of ether oxygens (including phenoxy) is 1. The maximum Gasteiger partial charge on any atom is 0.227 e. The molecule has 0 fully saturated rings. The van der Waals surface area contributed by atoms with Crippen LogP contribution in [0.25, 0.3) is 10.9 Å². The molecule has 0 aliphatic heterocycles. The van der Waals surface area contributed by atoms with E-state index in [9.17, 15) is 4.79 Å². The normalized spacial score (nSPS) is 10.2. The molecule has 24 heavy (non-hydrogen) atoms. The van der Waals surface area contributed by atoms with Crippen molar-refractivity contribution < 1.29 is 31.1 Å². The van der Waals surface area contributed by atoms with E-state index in [1.165, 1.54) is 5.56 Å². The number of ketones is 1. The molecule has 0 unspecified atom stereocenters. The lowest BCUT2D eigenvalue weighted by molar-refractivity contribution is -0.657. The van der Waals surface area contributed by atoms with Gasteiger partial charge >= 0.3 is 0 Å². The fraction of sp³-hybridized carbons (Fsp3) is 0.200. The highest BCUT2D eigenvalue weighted by Gasteiger charge is 2.15. The molecule has 3 aromatic rings. The first kappa shape index (κ1) is 18.1. The Hall–Kier alpha value is -2.20. The molecule has 0 saturated carbocycles. The highest BCUT2D eigenvalue weighted by Crippen LogP contribution is 2.14. The summed E-state index contributed by atoms with van der Waals surface area (Å²) in [4.78, 5) is 12.5. The fourth-order valence-corrected chi connectivity index (χ4v) is 2.69. The Morgan fingerprint density at radius 2 is 1.83 bits per heavy atom. The highest BCUT2D eigenvalue weighted by molar-refractivity contribution is 5.95. The Balaban J connectivity index is 0.00000208. The van der Waals surface area contributed by atoms with Gasteiger partial charge in [0.1, 0.15) is 5.75 Å².